The molecular weight excluding hydrogens is 608 g/mol. The second-order valence-corrected chi connectivity index (χ2v) is 12.8. The van der Waals surface area contributed by atoms with E-state index in [1.54, 1.807) is 52.0 Å². The largest absolute Gasteiger partial charge is 0.463 e. The van der Waals surface area contributed by atoms with E-state index in [2.05, 4.69) is 21.3 Å². The van der Waals surface area contributed by atoms with E-state index >= 15 is 0 Å². The van der Waals surface area contributed by atoms with Crippen LogP contribution in [-0.2, 0) is 44.8 Å². The van der Waals surface area contributed by atoms with Gasteiger partial charge in [-0.15, -0.1) is 0 Å². The molecule has 4 amide bonds. The number of nitrogens with one attached hydrogen (secondary N) is 4. The number of ether oxygens (including phenoxy) is 3. The van der Waals surface area contributed by atoms with Gasteiger partial charge in [0.1, 0.15) is 24.3 Å². The van der Waals surface area contributed by atoms with E-state index in [0.29, 0.717) is 13.0 Å². The summed E-state index contributed by atoms with van der Waals surface area (Å²) in [4.78, 5) is 76.7. The predicted molar refractivity (Wildman–Crippen MR) is 173 cm³/mol. The molecule has 13 nitrogen and oxygen atoms in total. The third-order valence-electron chi connectivity index (χ3n) is 7.00. The van der Waals surface area contributed by atoms with Crippen molar-refractivity contribution < 1.29 is 43.0 Å². The molecule has 1 aliphatic rings. The quantitative estimate of drug-likeness (QED) is 0.111. The van der Waals surface area contributed by atoms with Crippen LogP contribution in [0.1, 0.15) is 79.2 Å². The minimum atomic E-state index is -1.23. The Morgan fingerprint density at radius 1 is 0.979 bits per heavy atom. The SMILES string of the molecule is CCOC(=O)C=C[C@H](C[C@@H]1CCNC1=O)NC(=O)[C@H](CC(C)C)NC(=O)[C@H](CCC(=O)OC(C)(C)C)NC(=O)OCc1ccccc1. The Morgan fingerprint density at radius 3 is 2.26 bits per heavy atom. The maximum absolute atomic E-state index is 13.6. The molecule has 1 aromatic rings. The van der Waals surface area contributed by atoms with Crippen LogP contribution in [0.25, 0.3) is 0 Å². The van der Waals surface area contributed by atoms with Crippen molar-refractivity contribution in [1.29, 1.82) is 0 Å². The number of alkyl carbamates (subject to hydrolysis) is 1. The summed E-state index contributed by atoms with van der Waals surface area (Å²) in [6.45, 7) is 11.3. The van der Waals surface area contributed by atoms with Gasteiger partial charge < -0.3 is 35.5 Å². The maximum Gasteiger partial charge on any atom is 0.408 e. The van der Waals surface area contributed by atoms with Crippen molar-refractivity contribution in [3.8, 4) is 0 Å². The van der Waals surface area contributed by atoms with Crippen LogP contribution in [-0.4, -0.2) is 72.6 Å². The van der Waals surface area contributed by atoms with Crippen LogP contribution >= 0.6 is 0 Å². The summed E-state index contributed by atoms with van der Waals surface area (Å²) in [7, 11) is 0. The highest BCUT2D eigenvalue weighted by Gasteiger charge is 2.32. The number of carbonyl (C=O) groups excluding carboxylic acids is 6. The van der Waals surface area contributed by atoms with Gasteiger partial charge in [-0.05, 0) is 64.9 Å². The van der Waals surface area contributed by atoms with E-state index in [9.17, 15) is 28.8 Å². The molecule has 0 aliphatic carbocycles. The number of hydrogen-bond donors (Lipinski definition) is 4. The molecule has 0 radical (unpaired) electrons. The summed E-state index contributed by atoms with van der Waals surface area (Å²) < 4.78 is 15.6. The van der Waals surface area contributed by atoms with Crippen LogP contribution in [0.2, 0.25) is 0 Å². The highest BCUT2D eigenvalue weighted by atomic mass is 16.6. The van der Waals surface area contributed by atoms with Crippen molar-refractivity contribution in [2.45, 2.75) is 104 Å². The molecule has 13 heteroatoms. The smallest absolute Gasteiger partial charge is 0.408 e. The molecule has 0 saturated carbocycles. The van der Waals surface area contributed by atoms with Gasteiger partial charge in [-0.1, -0.05) is 50.3 Å². The van der Waals surface area contributed by atoms with E-state index < -0.39 is 53.6 Å². The first kappa shape index (κ1) is 38.8. The van der Waals surface area contributed by atoms with Crippen LogP contribution in [0, 0.1) is 11.8 Å². The zero-order valence-corrected chi connectivity index (χ0v) is 28.3. The van der Waals surface area contributed by atoms with Gasteiger partial charge in [0.25, 0.3) is 0 Å². The van der Waals surface area contributed by atoms with Gasteiger partial charge >= 0.3 is 18.0 Å². The number of amides is 4. The van der Waals surface area contributed by atoms with Gasteiger partial charge in [0, 0.05) is 31.0 Å². The minimum absolute atomic E-state index is 0.0239. The monoisotopic (exact) mass is 658 g/mol. The van der Waals surface area contributed by atoms with Crippen LogP contribution in [0.4, 0.5) is 4.79 Å². The summed E-state index contributed by atoms with van der Waals surface area (Å²) in [5, 5.41) is 10.9. The van der Waals surface area contributed by atoms with Crippen molar-refractivity contribution >= 4 is 35.8 Å². The van der Waals surface area contributed by atoms with Crippen molar-refractivity contribution in [2.24, 2.45) is 11.8 Å². The molecule has 0 unspecified atom stereocenters. The molecule has 1 aromatic carbocycles. The fourth-order valence-electron chi connectivity index (χ4n) is 4.84. The average Bonchev–Trinajstić information content (AvgIpc) is 3.39. The van der Waals surface area contributed by atoms with Gasteiger partial charge in [-0.3, -0.25) is 19.2 Å². The first-order valence-electron chi connectivity index (χ1n) is 16.1. The van der Waals surface area contributed by atoms with Crippen LogP contribution in [0.3, 0.4) is 0 Å². The van der Waals surface area contributed by atoms with Crippen molar-refractivity contribution in [2.75, 3.05) is 13.2 Å². The zero-order valence-electron chi connectivity index (χ0n) is 28.3. The molecule has 2 rings (SSSR count). The molecule has 1 fully saturated rings. The van der Waals surface area contributed by atoms with Crippen LogP contribution in [0.15, 0.2) is 42.5 Å². The van der Waals surface area contributed by atoms with Crippen molar-refractivity contribution in [3.05, 3.63) is 48.0 Å². The lowest BCUT2D eigenvalue weighted by Gasteiger charge is -2.26. The molecule has 0 aromatic heterocycles. The molecule has 4 N–H and O–H groups in total. The lowest BCUT2D eigenvalue weighted by molar-refractivity contribution is -0.155. The van der Waals surface area contributed by atoms with Gasteiger partial charge in [0.15, 0.2) is 0 Å². The highest BCUT2D eigenvalue weighted by Crippen LogP contribution is 2.18. The Labute approximate surface area is 276 Å². The zero-order chi connectivity index (χ0) is 35.0. The predicted octanol–water partition coefficient (Wildman–Crippen LogP) is 3.06. The molecule has 0 bridgehead atoms. The highest BCUT2D eigenvalue weighted by molar-refractivity contribution is 5.92. The molecule has 4 atom stereocenters. The first-order chi connectivity index (χ1) is 22.2. The minimum Gasteiger partial charge on any atom is -0.463 e. The van der Waals surface area contributed by atoms with E-state index in [4.69, 9.17) is 14.2 Å². The second kappa shape index (κ2) is 19.3. The number of rotatable bonds is 17. The fraction of sp³-hybridized carbons (Fsp3) is 0.588. The number of hydrogen-bond acceptors (Lipinski definition) is 9. The second-order valence-electron chi connectivity index (χ2n) is 12.8. The standard InChI is InChI=1S/C34H50N4O9/c1-7-45-28(39)15-13-25(20-24-17-18-35-30(24)41)36-32(43)27(19-22(2)3)37-31(42)26(14-16-29(40)47-34(4,5)6)38-33(44)46-21-23-11-9-8-10-12-23/h8-13,15,22,24-27H,7,14,16-21H2,1-6H3,(H,35,41)(H,36,43)(H,37,42)(H,38,44)/t24-,25+,26-,27-/m0/s1. The van der Waals surface area contributed by atoms with E-state index in [0.717, 1.165) is 5.56 Å². The maximum atomic E-state index is 13.6. The summed E-state index contributed by atoms with van der Waals surface area (Å²) in [6.07, 6.45) is 2.57. The Hall–Kier alpha value is -4.42. The van der Waals surface area contributed by atoms with E-state index in [1.165, 1.54) is 12.2 Å². The van der Waals surface area contributed by atoms with Crippen LogP contribution < -0.4 is 21.3 Å². The summed E-state index contributed by atoms with van der Waals surface area (Å²) in [5.41, 5.74) is 0.00196. The average molecular weight is 659 g/mol. The molecule has 1 aliphatic heterocycles. The molecule has 1 saturated heterocycles. The summed E-state index contributed by atoms with van der Waals surface area (Å²) >= 11 is 0. The van der Waals surface area contributed by atoms with Gasteiger partial charge in [0.2, 0.25) is 17.7 Å². The first-order valence-corrected chi connectivity index (χ1v) is 16.1. The van der Waals surface area contributed by atoms with Crippen LogP contribution in [0.5, 0.6) is 0 Å². The van der Waals surface area contributed by atoms with Crippen molar-refractivity contribution in [3.63, 3.8) is 0 Å². The van der Waals surface area contributed by atoms with Crippen molar-refractivity contribution in [1.82, 2.24) is 21.3 Å². The number of carbonyl (C=O) groups is 6. The topological polar surface area (TPSA) is 178 Å². The molecule has 260 valence electrons. The Bertz CT molecular complexity index is 1240. The third-order valence-corrected chi connectivity index (χ3v) is 7.00. The van der Waals surface area contributed by atoms with E-state index in [-0.39, 0.29) is 56.6 Å². The Balaban J connectivity index is 2.21. The van der Waals surface area contributed by atoms with E-state index in [1.807, 2.05) is 19.9 Å². The third kappa shape index (κ3) is 15.6. The van der Waals surface area contributed by atoms with Gasteiger partial charge in [-0.25, -0.2) is 9.59 Å². The summed E-state index contributed by atoms with van der Waals surface area (Å²) in [5.74, 6) is -2.91. The molecule has 47 heavy (non-hydrogen) atoms. The summed E-state index contributed by atoms with van der Waals surface area (Å²) in [6, 6.07) is 6.02. The Kier molecular flexibility index (Phi) is 15.9. The lowest BCUT2D eigenvalue weighted by atomic mass is 9.96. The molecule has 0 spiro atoms. The lowest BCUT2D eigenvalue weighted by Crippen LogP contribution is -2.55. The van der Waals surface area contributed by atoms with Gasteiger partial charge in [0.05, 0.1) is 6.61 Å². The Morgan fingerprint density at radius 2 is 1.66 bits per heavy atom. The molecule has 1 heterocycles. The normalized spacial score (nSPS) is 16.5. The van der Waals surface area contributed by atoms with Gasteiger partial charge in [-0.2, -0.15) is 0 Å². The molecular formula is C34H50N4O9. The number of benzene rings is 1. The fourth-order valence-corrected chi connectivity index (χ4v) is 4.84. The number of esters is 2.